The number of hydrogen-bond donors (Lipinski definition) is 2. The van der Waals surface area contributed by atoms with Crippen LogP contribution in [0.2, 0.25) is 5.02 Å². The van der Waals surface area contributed by atoms with Crippen LogP contribution in [0.15, 0.2) is 48.5 Å². The van der Waals surface area contributed by atoms with Crippen molar-refractivity contribution in [3.8, 4) is 11.1 Å². The number of hydrogen-bond acceptors (Lipinski definition) is 4. The molecule has 2 atom stereocenters. The van der Waals surface area contributed by atoms with Crippen molar-refractivity contribution >= 4 is 29.4 Å². The van der Waals surface area contributed by atoms with E-state index in [1.54, 1.807) is 6.07 Å². The summed E-state index contributed by atoms with van der Waals surface area (Å²) in [6.07, 6.45) is 1.78. The highest BCUT2D eigenvalue weighted by Gasteiger charge is 2.35. The first-order chi connectivity index (χ1) is 14.8. The quantitative estimate of drug-likeness (QED) is 0.370. The van der Waals surface area contributed by atoms with Crippen LogP contribution in [0.3, 0.4) is 0 Å². The maximum absolute atomic E-state index is 12.4. The van der Waals surface area contributed by atoms with Gasteiger partial charge in [-0.3, -0.25) is 14.4 Å². The van der Waals surface area contributed by atoms with E-state index in [9.17, 15) is 19.5 Å². The number of carboxylic acids is 1. The summed E-state index contributed by atoms with van der Waals surface area (Å²) in [5.41, 5.74) is 8.17. The van der Waals surface area contributed by atoms with Crippen molar-refractivity contribution in [2.45, 2.75) is 39.0 Å². The summed E-state index contributed by atoms with van der Waals surface area (Å²) in [6.45, 7) is 2.15. The van der Waals surface area contributed by atoms with E-state index in [4.69, 9.17) is 22.1 Å². The predicted molar refractivity (Wildman–Crippen MR) is 120 cm³/mol. The molecule has 0 saturated heterocycles. The minimum Gasteiger partial charge on any atom is -0.481 e. The van der Waals surface area contributed by atoms with Crippen LogP contribution in [0, 0.1) is 11.8 Å². The van der Waals surface area contributed by atoms with Crippen LogP contribution in [0.4, 0.5) is 0 Å². The molecule has 0 aliphatic carbocycles. The molecule has 0 radical (unpaired) electrons. The fourth-order valence-electron chi connectivity index (χ4n) is 3.38. The van der Waals surface area contributed by atoms with E-state index in [1.807, 2.05) is 49.4 Å². The summed E-state index contributed by atoms with van der Waals surface area (Å²) in [5, 5.41) is 10.4. The number of aryl methyl sites for hydroxylation is 1. The number of ether oxygens (including phenoxy) is 1. The molecular formula is C24H28ClNO5. The summed E-state index contributed by atoms with van der Waals surface area (Å²) in [5.74, 6) is -4.72. The number of carbonyl (C=O) groups excluding carboxylic acids is 2. The number of carbonyl (C=O) groups is 3. The lowest BCUT2D eigenvalue weighted by Gasteiger charge is -2.21. The van der Waals surface area contributed by atoms with Crippen LogP contribution in [0.5, 0.6) is 0 Å². The molecule has 6 nitrogen and oxygen atoms in total. The smallest absolute Gasteiger partial charge is 0.310 e. The second-order valence-electron chi connectivity index (χ2n) is 7.49. The van der Waals surface area contributed by atoms with E-state index in [0.717, 1.165) is 23.1 Å². The Morgan fingerprint density at radius 2 is 1.77 bits per heavy atom. The molecule has 0 bridgehead atoms. The Bertz CT molecular complexity index is 897. The Hall–Kier alpha value is -2.86. The first kappa shape index (κ1) is 24.4. The van der Waals surface area contributed by atoms with Crippen LogP contribution < -0.4 is 5.73 Å². The molecular weight excluding hydrogens is 418 g/mol. The number of primary amides is 1. The summed E-state index contributed by atoms with van der Waals surface area (Å²) < 4.78 is 5.18. The first-order valence-corrected chi connectivity index (χ1v) is 10.7. The summed E-state index contributed by atoms with van der Waals surface area (Å²) >= 11 is 6.05. The van der Waals surface area contributed by atoms with Gasteiger partial charge in [-0.1, -0.05) is 61.3 Å². The third kappa shape index (κ3) is 7.72. The molecule has 0 spiro atoms. The van der Waals surface area contributed by atoms with Crippen molar-refractivity contribution in [3.05, 3.63) is 59.1 Å². The van der Waals surface area contributed by atoms with E-state index in [2.05, 4.69) is 0 Å². The Kier molecular flexibility index (Phi) is 9.53. The molecule has 0 heterocycles. The molecule has 3 N–H and O–H groups in total. The molecule has 2 aromatic carbocycles. The van der Waals surface area contributed by atoms with Gasteiger partial charge in [-0.15, -0.1) is 0 Å². The average Bonchev–Trinajstić information content (AvgIpc) is 2.73. The van der Waals surface area contributed by atoms with E-state index in [-0.39, 0.29) is 19.4 Å². The number of unbranched alkanes of at least 4 members (excludes halogenated alkanes) is 1. The summed E-state index contributed by atoms with van der Waals surface area (Å²) in [4.78, 5) is 35.8. The molecule has 1 amide bonds. The van der Waals surface area contributed by atoms with Crippen molar-refractivity contribution < 1.29 is 24.2 Å². The lowest BCUT2D eigenvalue weighted by molar-refractivity contribution is -0.159. The van der Waals surface area contributed by atoms with Gasteiger partial charge < -0.3 is 15.6 Å². The van der Waals surface area contributed by atoms with Crippen LogP contribution in [-0.2, 0) is 25.5 Å². The normalized spacial score (nSPS) is 12.7. The van der Waals surface area contributed by atoms with Crippen LogP contribution in [0.1, 0.15) is 38.2 Å². The maximum atomic E-state index is 12.4. The van der Waals surface area contributed by atoms with Crippen LogP contribution in [-0.4, -0.2) is 29.6 Å². The van der Waals surface area contributed by atoms with E-state index < -0.39 is 29.7 Å². The molecule has 7 heteroatoms. The van der Waals surface area contributed by atoms with Crippen molar-refractivity contribution in [1.29, 1.82) is 0 Å². The zero-order valence-corrected chi connectivity index (χ0v) is 18.3. The third-order valence-electron chi connectivity index (χ3n) is 5.12. The van der Waals surface area contributed by atoms with Crippen molar-refractivity contribution in [2.75, 3.05) is 6.61 Å². The number of rotatable bonds is 12. The van der Waals surface area contributed by atoms with Gasteiger partial charge in [0.1, 0.15) is 0 Å². The monoisotopic (exact) mass is 445 g/mol. The number of amides is 1. The fourth-order valence-corrected chi connectivity index (χ4v) is 3.57. The maximum Gasteiger partial charge on any atom is 0.310 e. The average molecular weight is 446 g/mol. The molecule has 166 valence electrons. The molecule has 0 fully saturated rings. The Morgan fingerprint density at radius 3 is 2.35 bits per heavy atom. The zero-order valence-electron chi connectivity index (χ0n) is 17.6. The standard InChI is InChI=1S/C24H28ClNO5/c1-2-3-13-31-24(30)21(15-22(26)27)20(23(28)29)12-9-16-7-10-17(11-8-16)18-5-4-6-19(25)14-18/h4-8,10-11,14,20-21H,2-3,9,12-13,15H2,1H3,(H2,26,27)(H,28,29). The van der Waals surface area contributed by atoms with Crippen LogP contribution in [0.25, 0.3) is 11.1 Å². The molecule has 2 unspecified atom stereocenters. The lowest BCUT2D eigenvalue weighted by atomic mass is 9.84. The number of carboxylic acid groups (broad SMARTS) is 1. The van der Waals surface area contributed by atoms with Gasteiger partial charge in [0.25, 0.3) is 0 Å². The van der Waals surface area contributed by atoms with E-state index >= 15 is 0 Å². The Morgan fingerprint density at radius 1 is 1.06 bits per heavy atom. The highest BCUT2D eigenvalue weighted by Crippen LogP contribution is 2.26. The van der Waals surface area contributed by atoms with Gasteiger partial charge in [-0.2, -0.15) is 0 Å². The Balaban J connectivity index is 2.09. The first-order valence-electron chi connectivity index (χ1n) is 10.3. The second-order valence-corrected chi connectivity index (χ2v) is 7.93. The summed E-state index contributed by atoms with van der Waals surface area (Å²) in [7, 11) is 0. The lowest BCUT2D eigenvalue weighted by Crippen LogP contribution is -2.35. The molecule has 0 saturated carbocycles. The van der Waals surface area contributed by atoms with Gasteiger partial charge in [-0.25, -0.2) is 0 Å². The predicted octanol–water partition coefficient (Wildman–Crippen LogP) is 4.48. The molecule has 0 aromatic heterocycles. The summed E-state index contributed by atoms with van der Waals surface area (Å²) in [6, 6.07) is 15.2. The highest BCUT2D eigenvalue weighted by atomic mass is 35.5. The molecule has 2 rings (SSSR count). The SMILES string of the molecule is CCCCOC(=O)C(CC(N)=O)C(CCc1ccc(-c2cccc(Cl)c2)cc1)C(=O)O. The highest BCUT2D eigenvalue weighted by molar-refractivity contribution is 6.30. The largest absolute Gasteiger partial charge is 0.481 e. The number of nitrogens with two attached hydrogens (primary N) is 1. The molecule has 2 aromatic rings. The van der Waals surface area contributed by atoms with Crippen molar-refractivity contribution in [3.63, 3.8) is 0 Å². The number of aliphatic carboxylic acids is 1. The van der Waals surface area contributed by atoms with Crippen LogP contribution >= 0.6 is 11.6 Å². The minimum absolute atomic E-state index is 0.187. The van der Waals surface area contributed by atoms with Crippen molar-refractivity contribution in [1.82, 2.24) is 0 Å². The zero-order chi connectivity index (χ0) is 22.8. The Labute approximate surface area is 187 Å². The third-order valence-corrected chi connectivity index (χ3v) is 5.36. The molecule has 31 heavy (non-hydrogen) atoms. The van der Waals surface area contributed by atoms with Gasteiger partial charge in [-0.05, 0) is 48.1 Å². The van der Waals surface area contributed by atoms with Gasteiger partial charge in [0.2, 0.25) is 5.91 Å². The second kappa shape index (κ2) is 12.1. The fraction of sp³-hybridized carbons (Fsp3) is 0.375. The van der Waals surface area contributed by atoms with E-state index in [0.29, 0.717) is 17.9 Å². The molecule has 0 aliphatic heterocycles. The van der Waals surface area contributed by atoms with Crippen molar-refractivity contribution in [2.24, 2.45) is 17.6 Å². The topological polar surface area (TPSA) is 107 Å². The number of esters is 1. The van der Waals surface area contributed by atoms with Gasteiger partial charge >= 0.3 is 11.9 Å². The number of halogens is 1. The van der Waals surface area contributed by atoms with Gasteiger partial charge in [0.15, 0.2) is 0 Å². The van der Waals surface area contributed by atoms with E-state index in [1.165, 1.54) is 0 Å². The minimum atomic E-state index is -1.14. The van der Waals surface area contributed by atoms with Gasteiger partial charge in [0, 0.05) is 11.4 Å². The number of benzene rings is 2. The molecule has 0 aliphatic rings. The van der Waals surface area contributed by atoms with Gasteiger partial charge in [0.05, 0.1) is 18.4 Å².